The van der Waals surface area contributed by atoms with Crippen molar-refractivity contribution < 1.29 is 4.79 Å². The summed E-state index contributed by atoms with van der Waals surface area (Å²) in [6.45, 7) is 0. The quantitative estimate of drug-likeness (QED) is 0.377. The zero-order chi connectivity index (χ0) is 20.5. The first-order valence-electron chi connectivity index (χ1n) is 9.50. The van der Waals surface area contributed by atoms with Crippen molar-refractivity contribution in [1.82, 2.24) is 9.97 Å². The molecule has 0 aliphatic rings. The molecule has 0 aliphatic carbocycles. The third-order valence-corrected chi connectivity index (χ3v) is 5.23. The van der Waals surface area contributed by atoms with Crippen LogP contribution in [-0.4, -0.2) is 15.9 Å². The Hall–Kier alpha value is -3.76. The highest BCUT2D eigenvalue weighted by molar-refractivity contribution is 6.30. The number of para-hydroxylation sites is 2. The molecule has 1 amide bonds. The van der Waals surface area contributed by atoms with E-state index in [0.29, 0.717) is 22.0 Å². The van der Waals surface area contributed by atoms with Crippen molar-refractivity contribution in [2.75, 3.05) is 5.32 Å². The molecule has 0 saturated heterocycles. The number of halogens is 1. The molecule has 0 spiro atoms. The summed E-state index contributed by atoms with van der Waals surface area (Å²) in [7, 11) is 0. The highest BCUT2D eigenvalue weighted by Gasteiger charge is 2.15. The molecule has 0 atom stereocenters. The first kappa shape index (κ1) is 18.3. The van der Waals surface area contributed by atoms with Gasteiger partial charge < -0.3 is 5.32 Å². The number of fused-ring (bicyclic) bond motifs is 2. The normalized spacial score (nSPS) is 11.0. The smallest absolute Gasteiger partial charge is 0.256 e. The second kappa shape index (κ2) is 7.58. The summed E-state index contributed by atoms with van der Waals surface area (Å²) in [6, 6.07) is 26.5. The Labute approximate surface area is 178 Å². The molecule has 30 heavy (non-hydrogen) atoms. The van der Waals surface area contributed by atoms with Crippen molar-refractivity contribution >= 4 is 45.0 Å². The molecule has 4 nitrogen and oxygen atoms in total. The molecule has 1 N–H and O–H groups in total. The van der Waals surface area contributed by atoms with Gasteiger partial charge in [-0.15, -0.1) is 0 Å². The van der Waals surface area contributed by atoms with E-state index in [4.69, 9.17) is 16.6 Å². The molecule has 2 aromatic heterocycles. The summed E-state index contributed by atoms with van der Waals surface area (Å²) in [4.78, 5) is 22.5. The second-order valence-electron chi connectivity index (χ2n) is 6.91. The topological polar surface area (TPSA) is 54.9 Å². The third-order valence-electron chi connectivity index (χ3n) is 4.98. The van der Waals surface area contributed by atoms with Crippen molar-refractivity contribution in [1.29, 1.82) is 0 Å². The minimum absolute atomic E-state index is 0.207. The van der Waals surface area contributed by atoms with E-state index in [0.717, 1.165) is 27.4 Å². The predicted molar refractivity (Wildman–Crippen MR) is 122 cm³/mol. The van der Waals surface area contributed by atoms with Crippen molar-refractivity contribution in [2.24, 2.45) is 0 Å². The molecule has 2 heterocycles. The number of nitrogens with one attached hydrogen (secondary N) is 1. The van der Waals surface area contributed by atoms with Gasteiger partial charge in [-0.1, -0.05) is 60.1 Å². The van der Waals surface area contributed by atoms with Crippen LogP contribution >= 0.6 is 11.6 Å². The highest BCUT2D eigenvalue weighted by atomic mass is 35.5. The zero-order valence-electron chi connectivity index (χ0n) is 15.8. The van der Waals surface area contributed by atoms with Crippen LogP contribution in [0.3, 0.4) is 0 Å². The highest BCUT2D eigenvalue weighted by Crippen LogP contribution is 2.27. The fourth-order valence-electron chi connectivity index (χ4n) is 3.53. The molecule has 0 aliphatic heterocycles. The van der Waals surface area contributed by atoms with E-state index in [2.05, 4.69) is 10.3 Å². The maximum absolute atomic E-state index is 13.3. The molecular weight excluding hydrogens is 394 g/mol. The van der Waals surface area contributed by atoms with Crippen LogP contribution in [0, 0.1) is 0 Å². The molecule has 0 fully saturated rings. The van der Waals surface area contributed by atoms with Crippen LogP contribution in [0.25, 0.3) is 33.1 Å². The fourth-order valence-corrected chi connectivity index (χ4v) is 3.65. The van der Waals surface area contributed by atoms with Gasteiger partial charge in [0.25, 0.3) is 5.91 Å². The Morgan fingerprint density at radius 2 is 1.67 bits per heavy atom. The van der Waals surface area contributed by atoms with Gasteiger partial charge in [-0.3, -0.25) is 9.78 Å². The number of aromatic nitrogens is 2. The van der Waals surface area contributed by atoms with Gasteiger partial charge in [0.2, 0.25) is 0 Å². The van der Waals surface area contributed by atoms with E-state index >= 15 is 0 Å². The van der Waals surface area contributed by atoms with Gasteiger partial charge in [-0.2, -0.15) is 0 Å². The van der Waals surface area contributed by atoms with Crippen LogP contribution in [0.2, 0.25) is 5.02 Å². The lowest BCUT2D eigenvalue weighted by atomic mass is 10.0. The predicted octanol–water partition coefficient (Wildman–Crippen LogP) is 6.36. The largest absolute Gasteiger partial charge is 0.320 e. The Morgan fingerprint density at radius 1 is 0.867 bits per heavy atom. The van der Waals surface area contributed by atoms with Crippen LogP contribution < -0.4 is 5.32 Å². The van der Waals surface area contributed by atoms with E-state index in [1.807, 2.05) is 84.9 Å². The molecule has 0 radical (unpaired) electrons. The molecule has 3 aromatic carbocycles. The number of carbonyl (C=O) groups excluding carboxylic acids is 1. The van der Waals surface area contributed by atoms with Gasteiger partial charge in [0.1, 0.15) is 0 Å². The summed E-state index contributed by atoms with van der Waals surface area (Å²) in [5.41, 5.74) is 4.35. The fraction of sp³-hybridized carbons (Fsp3) is 0. The van der Waals surface area contributed by atoms with Crippen molar-refractivity contribution in [3.8, 4) is 11.3 Å². The van der Waals surface area contributed by atoms with E-state index in [1.165, 1.54) is 0 Å². The Balaban J connectivity index is 1.62. The molecule has 0 saturated carbocycles. The minimum Gasteiger partial charge on any atom is -0.320 e. The number of carbonyl (C=O) groups is 1. The lowest BCUT2D eigenvalue weighted by molar-refractivity contribution is 0.102. The number of benzene rings is 3. The molecule has 5 aromatic rings. The number of hydrogen-bond acceptors (Lipinski definition) is 3. The van der Waals surface area contributed by atoms with Gasteiger partial charge in [-0.05, 0) is 36.4 Å². The Morgan fingerprint density at radius 3 is 2.53 bits per heavy atom. The van der Waals surface area contributed by atoms with Crippen LogP contribution in [0.5, 0.6) is 0 Å². The second-order valence-corrected chi connectivity index (χ2v) is 7.35. The number of pyridine rings is 2. The van der Waals surface area contributed by atoms with E-state index < -0.39 is 0 Å². The molecule has 0 bridgehead atoms. The standard InChI is InChI=1S/C25H16ClN3O/c26-18-12-10-16(11-13-18)23-15-20(19-7-1-2-8-21(19)28-23)25(30)29-22-9-3-5-17-6-4-14-27-24(17)22/h1-15H,(H,29,30). The third kappa shape index (κ3) is 3.38. The number of anilines is 1. The monoisotopic (exact) mass is 409 g/mol. The number of amides is 1. The zero-order valence-corrected chi connectivity index (χ0v) is 16.6. The molecular formula is C25H16ClN3O. The SMILES string of the molecule is O=C(Nc1cccc2cccnc12)c1cc(-c2ccc(Cl)cc2)nc2ccccc12. The summed E-state index contributed by atoms with van der Waals surface area (Å²) < 4.78 is 0. The molecule has 144 valence electrons. The van der Waals surface area contributed by atoms with Crippen LogP contribution in [-0.2, 0) is 0 Å². The first-order chi connectivity index (χ1) is 14.7. The Kier molecular flexibility index (Phi) is 4.62. The van der Waals surface area contributed by atoms with Gasteiger partial charge >= 0.3 is 0 Å². The Bertz CT molecular complexity index is 1390. The number of hydrogen-bond donors (Lipinski definition) is 1. The average molecular weight is 410 g/mol. The summed E-state index contributed by atoms with van der Waals surface area (Å²) in [5.74, 6) is -0.207. The van der Waals surface area contributed by atoms with Crippen molar-refractivity contribution in [2.45, 2.75) is 0 Å². The average Bonchev–Trinajstić information content (AvgIpc) is 2.79. The lowest BCUT2D eigenvalue weighted by Crippen LogP contribution is -2.13. The summed E-state index contributed by atoms with van der Waals surface area (Å²) in [5, 5.41) is 5.45. The van der Waals surface area contributed by atoms with E-state index in [9.17, 15) is 4.79 Å². The maximum Gasteiger partial charge on any atom is 0.256 e. The van der Waals surface area contributed by atoms with Crippen LogP contribution in [0.4, 0.5) is 5.69 Å². The molecule has 5 rings (SSSR count). The van der Waals surface area contributed by atoms with Crippen LogP contribution in [0.15, 0.2) is 91.1 Å². The first-order valence-corrected chi connectivity index (χ1v) is 9.88. The summed E-state index contributed by atoms with van der Waals surface area (Å²) in [6.07, 6.45) is 1.72. The van der Waals surface area contributed by atoms with E-state index in [1.54, 1.807) is 6.20 Å². The van der Waals surface area contributed by atoms with Gasteiger partial charge in [0.15, 0.2) is 0 Å². The van der Waals surface area contributed by atoms with E-state index in [-0.39, 0.29) is 5.91 Å². The van der Waals surface area contributed by atoms with Crippen molar-refractivity contribution in [3.63, 3.8) is 0 Å². The minimum atomic E-state index is -0.207. The van der Waals surface area contributed by atoms with Gasteiger partial charge in [0, 0.05) is 27.6 Å². The maximum atomic E-state index is 13.3. The number of nitrogens with zero attached hydrogens (tertiary/aromatic N) is 2. The number of rotatable bonds is 3. The lowest BCUT2D eigenvalue weighted by Gasteiger charge is -2.12. The van der Waals surface area contributed by atoms with Gasteiger partial charge in [0.05, 0.1) is 28.0 Å². The summed E-state index contributed by atoms with van der Waals surface area (Å²) >= 11 is 6.02. The van der Waals surface area contributed by atoms with Crippen molar-refractivity contribution in [3.05, 3.63) is 102 Å². The molecule has 0 unspecified atom stereocenters. The molecule has 5 heteroatoms. The van der Waals surface area contributed by atoms with Gasteiger partial charge in [-0.25, -0.2) is 4.98 Å². The van der Waals surface area contributed by atoms with Crippen LogP contribution in [0.1, 0.15) is 10.4 Å².